The van der Waals surface area contributed by atoms with Crippen LogP contribution in [-0.4, -0.2) is 93.5 Å². The van der Waals surface area contributed by atoms with Gasteiger partial charge in [-0.3, -0.25) is 14.4 Å². The minimum atomic E-state index is -0.814. The van der Waals surface area contributed by atoms with Crippen LogP contribution in [0.2, 0.25) is 0 Å². The number of amides is 3. The summed E-state index contributed by atoms with van der Waals surface area (Å²) in [6, 6.07) is 6.62. The predicted octanol–water partition coefficient (Wildman–Crippen LogP) is 4.97. The molecule has 0 aliphatic carbocycles. The Labute approximate surface area is 268 Å². The average Bonchev–Trinajstić information content (AvgIpc) is 3.57. The highest BCUT2D eigenvalue weighted by Crippen LogP contribution is 2.72. The van der Waals surface area contributed by atoms with Gasteiger partial charge in [-0.1, -0.05) is 32.9 Å². The first-order valence-corrected chi connectivity index (χ1v) is 17.1. The number of hydrogen-bond donors (Lipinski definition) is 1. The zero-order valence-electron chi connectivity index (χ0n) is 27.5. The van der Waals surface area contributed by atoms with Crippen LogP contribution in [0.15, 0.2) is 49.6 Å². The molecule has 1 aromatic rings. The first-order valence-electron chi connectivity index (χ1n) is 16.3. The van der Waals surface area contributed by atoms with E-state index in [0.29, 0.717) is 19.5 Å². The fourth-order valence-electron chi connectivity index (χ4n) is 7.94. The Morgan fingerprint density at radius 3 is 2.18 bits per heavy atom. The number of carbonyl (C=O) groups is 3. The third kappa shape index (κ3) is 5.59. The smallest absolute Gasteiger partial charge is 0.251 e. The summed E-state index contributed by atoms with van der Waals surface area (Å²) >= 11 is 1.67. The molecule has 1 spiro atoms. The van der Waals surface area contributed by atoms with Gasteiger partial charge in [0.1, 0.15) is 6.04 Å². The van der Waals surface area contributed by atoms with Gasteiger partial charge in [0.05, 0.1) is 29.2 Å². The number of aliphatic hydroxyl groups is 1. The van der Waals surface area contributed by atoms with Crippen LogP contribution in [0.1, 0.15) is 60.8 Å². The maximum atomic E-state index is 15.0. The molecule has 9 heteroatoms. The molecule has 8 nitrogen and oxygen atoms in total. The average molecular weight is 625 g/mol. The SMILES string of the molecule is C=CCN(CCC)C(=O)[C@@H]1[C@H]2C(=O)N([C@@H](CO)C(C)C)C(C(=O)N(CC=C)c3ccc(N(CC)CC)cc3)C23CC[C@@]1(C)S3. The summed E-state index contributed by atoms with van der Waals surface area (Å²) in [4.78, 5) is 51.4. The van der Waals surface area contributed by atoms with Crippen LogP contribution in [0.25, 0.3) is 0 Å². The number of carbonyl (C=O) groups excluding carboxylic acids is 3. The lowest BCUT2D eigenvalue weighted by molar-refractivity contribution is -0.147. The molecule has 0 radical (unpaired) electrons. The summed E-state index contributed by atoms with van der Waals surface area (Å²) in [5, 5.41) is 10.6. The molecule has 3 amide bonds. The third-order valence-electron chi connectivity index (χ3n) is 10.1. The number of benzene rings is 1. The van der Waals surface area contributed by atoms with Crippen molar-refractivity contribution in [2.45, 2.75) is 82.4 Å². The molecule has 3 aliphatic rings. The van der Waals surface area contributed by atoms with Crippen molar-refractivity contribution >= 4 is 40.9 Å². The van der Waals surface area contributed by atoms with E-state index in [1.54, 1.807) is 33.7 Å². The Morgan fingerprint density at radius 1 is 1.05 bits per heavy atom. The van der Waals surface area contributed by atoms with Crippen molar-refractivity contribution in [3.05, 3.63) is 49.6 Å². The Balaban J connectivity index is 1.83. The molecule has 1 N–H and O–H groups in total. The molecular formula is C35H52N4O4S. The maximum absolute atomic E-state index is 15.0. The van der Waals surface area contributed by atoms with Gasteiger partial charge in [0, 0.05) is 48.8 Å². The molecule has 3 aliphatic heterocycles. The van der Waals surface area contributed by atoms with Crippen molar-refractivity contribution in [1.29, 1.82) is 0 Å². The second kappa shape index (κ2) is 13.7. The second-order valence-electron chi connectivity index (χ2n) is 13.0. The van der Waals surface area contributed by atoms with Gasteiger partial charge in [-0.15, -0.1) is 24.9 Å². The molecule has 242 valence electrons. The van der Waals surface area contributed by atoms with Crippen molar-refractivity contribution in [2.24, 2.45) is 17.8 Å². The molecule has 2 bridgehead atoms. The lowest BCUT2D eigenvalue weighted by Crippen LogP contribution is -2.58. The summed E-state index contributed by atoms with van der Waals surface area (Å²) in [6.45, 7) is 22.9. The van der Waals surface area contributed by atoms with Gasteiger partial charge in [-0.05, 0) is 70.2 Å². The Kier molecular flexibility index (Phi) is 10.6. The van der Waals surface area contributed by atoms with Gasteiger partial charge in [0.15, 0.2) is 0 Å². The molecule has 0 aromatic heterocycles. The number of likely N-dealkylation sites (tertiary alicyclic amines) is 1. The van der Waals surface area contributed by atoms with Gasteiger partial charge in [-0.2, -0.15) is 0 Å². The first-order chi connectivity index (χ1) is 21.0. The highest BCUT2D eigenvalue weighted by molar-refractivity contribution is 8.02. The van der Waals surface area contributed by atoms with Gasteiger partial charge < -0.3 is 24.7 Å². The molecule has 6 atom stereocenters. The van der Waals surface area contributed by atoms with E-state index in [4.69, 9.17) is 0 Å². The maximum Gasteiger partial charge on any atom is 0.251 e. The van der Waals surface area contributed by atoms with E-state index < -0.39 is 33.4 Å². The highest BCUT2D eigenvalue weighted by atomic mass is 32.2. The normalized spacial score (nSPS) is 27.8. The van der Waals surface area contributed by atoms with Crippen LogP contribution < -0.4 is 9.80 Å². The van der Waals surface area contributed by atoms with E-state index in [1.807, 2.05) is 49.9 Å². The number of fused-ring (bicyclic) bond motifs is 1. The van der Waals surface area contributed by atoms with E-state index in [-0.39, 0.29) is 36.8 Å². The number of hydrogen-bond acceptors (Lipinski definition) is 6. The van der Waals surface area contributed by atoms with Crippen LogP contribution in [-0.2, 0) is 14.4 Å². The fraction of sp³-hybridized carbons (Fsp3) is 0.629. The molecule has 2 unspecified atom stereocenters. The van der Waals surface area contributed by atoms with E-state index in [9.17, 15) is 19.5 Å². The monoisotopic (exact) mass is 624 g/mol. The van der Waals surface area contributed by atoms with E-state index in [2.05, 4.69) is 38.8 Å². The van der Waals surface area contributed by atoms with Crippen LogP contribution in [0, 0.1) is 17.8 Å². The van der Waals surface area contributed by atoms with Gasteiger partial charge in [0.2, 0.25) is 11.8 Å². The number of aliphatic hydroxyl groups excluding tert-OH is 1. The number of nitrogens with zero attached hydrogens (tertiary/aromatic N) is 4. The fourth-order valence-corrected chi connectivity index (χ4v) is 10.3. The van der Waals surface area contributed by atoms with Crippen LogP contribution >= 0.6 is 11.8 Å². The van der Waals surface area contributed by atoms with E-state index in [1.165, 1.54) is 0 Å². The molecular weight excluding hydrogens is 572 g/mol. The Morgan fingerprint density at radius 2 is 1.66 bits per heavy atom. The predicted molar refractivity (Wildman–Crippen MR) is 181 cm³/mol. The molecule has 3 fully saturated rings. The summed E-state index contributed by atoms with van der Waals surface area (Å²) < 4.78 is -1.23. The van der Waals surface area contributed by atoms with Crippen molar-refractivity contribution in [1.82, 2.24) is 9.80 Å². The first kappa shape index (κ1) is 34.1. The third-order valence-corrected chi connectivity index (χ3v) is 12.0. The number of anilines is 2. The van der Waals surface area contributed by atoms with E-state index >= 15 is 0 Å². The Hall–Kier alpha value is -2.78. The molecule has 4 rings (SSSR count). The Bertz CT molecular complexity index is 1230. The lowest BCUT2D eigenvalue weighted by atomic mass is 9.66. The molecule has 1 aromatic carbocycles. The molecule has 0 saturated carbocycles. The summed E-state index contributed by atoms with van der Waals surface area (Å²) in [5.74, 6) is -1.67. The van der Waals surface area contributed by atoms with Crippen LogP contribution in [0.3, 0.4) is 0 Å². The van der Waals surface area contributed by atoms with Gasteiger partial charge in [-0.25, -0.2) is 0 Å². The van der Waals surface area contributed by atoms with Crippen molar-refractivity contribution in [3.8, 4) is 0 Å². The van der Waals surface area contributed by atoms with Crippen LogP contribution in [0.5, 0.6) is 0 Å². The number of rotatable bonds is 15. The second-order valence-corrected chi connectivity index (χ2v) is 14.9. The summed E-state index contributed by atoms with van der Waals surface area (Å²) in [6.07, 6.45) is 5.66. The largest absolute Gasteiger partial charge is 0.394 e. The number of thioether (sulfide) groups is 1. The highest BCUT2D eigenvalue weighted by Gasteiger charge is 2.78. The van der Waals surface area contributed by atoms with Crippen LogP contribution in [0.4, 0.5) is 11.4 Å². The molecule has 3 saturated heterocycles. The minimum Gasteiger partial charge on any atom is -0.394 e. The van der Waals surface area contributed by atoms with Crippen molar-refractivity contribution < 1.29 is 19.5 Å². The zero-order valence-corrected chi connectivity index (χ0v) is 28.3. The van der Waals surface area contributed by atoms with Gasteiger partial charge in [0.25, 0.3) is 5.91 Å². The van der Waals surface area contributed by atoms with E-state index in [0.717, 1.165) is 37.3 Å². The minimum absolute atomic E-state index is 0.0326. The molecule has 44 heavy (non-hydrogen) atoms. The standard InChI is InChI=1S/C35H52N4O4S/c1-9-20-37(21-10-2)31(41)28-29-32(42)39(27(23-40)24(6)7)30(35(29)19-18-34(28,8)44-35)33(43)38(22-11-3)26-16-14-25(15-17-26)36(12-4)13-5/h9,11,14-17,24,27-30,40H,1,3,10,12-13,18-23H2,2,4-8H3/t27-,28-,29-,30?,34+,35?/m0/s1. The summed E-state index contributed by atoms with van der Waals surface area (Å²) in [7, 11) is 0. The van der Waals surface area contributed by atoms with Crippen molar-refractivity contribution in [3.63, 3.8) is 0 Å². The van der Waals surface area contributed by atoms with Gasteiger partial charge >= 0.3 is 0 Å². The zero-order chi connectivity index (χ0) is 32.4. The van der Waals surface area contributed by atoms with Crippen molar-refractivity contribution in [2.75, 3.05) is 49.1 Å². The quantitative estimate of drug-likeness (QED) is 0.278. The molecule has 3 heterocycles. The summed E-state index contributed by atoms with van der Waals surface area (Å²) in [5.41, 5.74) is 1.82. The lowest BCUT2D eigenvalue weighted by Gasteiger charge is -2.40. The topological polar surface area (TPSA) is 84.4 Å².